The van der Waals surface area contributed by atoms with Gasteiger partial charge in [0, 0.05) is 25.7 Å². The third-order valence-corrected chi connectivity index (χ3v) is 4.77. The second kappa shape index (κ2) is 11.1. The van der Waals surface area contributed by atoms with Crippen LogP contribution in [-0.2, 0) is 4.74 Å². The average Bonchev–Trinajstić information content (AvgIpc) is 2.74. The molecule has 1 aromatic heterocycles. The number of allylic oxidation sites excluding steroid dienone is 2. The van der Waals surface area contributed by atoms with Gasteiger partial charge in [0.1, 0.15) is 17.4 Å². The van der Waals surface area contributed by atoms with Gasteiger partial charge in [-0.15, -0.1) is 0 Å². The molecule has 0 radical (unpaired) electrons. The predicted molar refractivity (Wildman–Crippen MR) is 124 cm³/mol. The molecule has 0 aliphatic rings. The van der Waals surface area contributed by atoms with E-state index >= 15 is 0 Å². The lowest BCUT2D eigenvalue weighted by molar-refractivity contribution is 0.0634. The fraction of sp³-hybridized carbons (Fsp3) is 0.292. The number of nitrogens with zero attached hydrogens (tertiary/aromatic N) is 2. The molecule has 1 heterocycles. The number of benzene rings is 1. The van der Waals surface area contributed by atoms with Crippen molar-refractivity contribution in [1.82, 2.24) is 4.98 Å². The molecular weight excluding hydrogens is 457 g/mol. The summed E-state index contributed by atoms with van der Waals surface area (Å²) in [4.78, 5) is 5.37. The van der Waals surface area contributed by atoms with Crippen LogP contribution in [0.3, 0.4) is 0 Å². The first kappa shape index (κ1) is 26.1. The second-order valence-electron chi connectivity index (χ2n) is 7.16. The number of hydrogen-bond acceptors (Lipinski definition) is 5. The highest BCUT2D eigenvalue weighted by molar-refractivity contribution is 6.31. The lowest BCUT2D eigenvalue weighted by atomic mass is 10.1. The summed E-state index contributed by atoms with van der Waals surface area (Å²) in [7, 11) is 1.44. The highest BCUT2D eigenvalue weighted by Gasteiger charge is 2.25. The van der Waals surface area contributed by atoms with Crippen LogP contribution in [0.25, 0.3) is 0 Å². The summed E-state index contributed by atoms with van der Waals surface area (Å²) in [5.41, 5.74) is -0.128. The molecule has 178 valence electrons. The minimum Gasteiger partial charge on any atom is -0.495 e. The largest absolute Gasteiger partial charge is 0.495 e. The zero-order chi connectivity index (χ0) is 24.8. The van der Waals surface area contributed by atoms with E-state index in [1.165, 1.54) is 18.9 Å². The van der Waals surface area contributed by atoms with Crippen molar-refractivity contribution >= 4 is 17.4 Å². The third-order valence-electron chi connectivity index (χ3n) is 4.50. The Morgan fingerprint density at radius 1 is 1.24 bits per heavy atom. The lowest BCUT2D eigenvalue weighted by Crippen LogP contribution is -2.19. The van der Waals surface area contributed by atoms with Gasteiger partial charge in [0.05, 0.1) is 6.61 Å². The molecule has 0 fully saturated rings. The first-order valence-corrected chi connectivity index (χ1v) is 10.4. The molecule has 0 saturated carbocycles. The first-order chi connectivity index (χ1) is 15.4. The third kappa shape index (κ3) is 7.18. The summed E-state index contributed by atoms with van der Waals surface area (Å²) < 4.78 is 58.3. The van der Waals surface area contributed by atoms with E-state index in [2.05, 4.69) is 18.1 Å². The number of rotatable bonds is 11. The van der Waals surface area contributed by atoms with E-state index < -0.39 is 11.7 Å². The Morgan fingerprint density at radius 2 is 1.88 bits per heavy atom. The Bertz CT molecular complexity index is 1050. The molecule has 9 heteroatoms. The van der Waals surface area contributed by atoms with Crippen molar-refractivity contribution in [2.45, 2.75) is 26.7 Å². The molecule has 2 aromatic rings. The Hall–Kier alpha value is -3.13. The van der Waals surface area contributed by atoms with E-state index in [1.54, 1.807) is 24.3 Å². The highest BCUT2D eigenvalue weighted by Crippen LogP contribution is 2.36. The van der Waals surface area contributed by atoms with Crippen molar-refractivity contribution in [3.63, 3.8) is 0 Å². The zero-order valence-electron chi connectivity index (χ0n) is 18.9. The summed E-state index contributed by atoms with van der Waals surface area (Å²) in [6.07, 6.45) is 1.16. The van der Waals surface area contributed by atoms with Gasteiger partial charge in [-0.05, 0) is 37.6 Å². The molecule has 0 N–H and O–H groups in total. The number of para-hydroxylation sites is 2. The van der Waals surface area contributed by atoms with Crippen molar-refractivity contribution in [3.8, 4) is 17.4 Å². The lowest BCUT2D eigenvalue weighted by Gasteiger charge is -2.22. The average molecular weight is 483 g/mol. The minimum absolute atomic E-state index is 0.0874. The topological polar surface area (TPSA) is 43.8 Å². The molecule has 2 rings (SSSR count). The van der Waals surface area contributed by atoms with Gasteiger partial charge in [-0.3, -0.25) is 0 Å². The van der Waals surface area contributed by atoms with Crippen molar-refractivity contribution in [2.24, 2.45) is 0 Å². The monoisotopic (exact) mass is 482 g/mol. The molecule has 0 bridgehead atoms. The quantitative estimate of drug-likeness (QED) is 0.251. The highest BCUT2D eigenvalue weighted by atomic mass is 35.5. The van der Waals surface area contributed by atoms with E-state index in [0.29, 0.717) is 18.1 Å². The second-order valence-corrected chi connectivity index (χ2v) is 7.56. The number of ether oxygens (including phenoxy) is 3. The van der Waals surface area contributed by atoms with Gasteiger partial charge in [0.2, 0.25) is 5.88 Å². The number of likely N-dealkylation sites (N-methyl/N-ethyl adjacent to an activating group) is 1. The normalized spacial score (nSPS) is 11.7. The van der Waals surface area contributed by atoms with Gasteiger partial charge in [-0.1, -0.05) is 36.9 Å². The SMILES string of the molecule is C=C(COc1ccccc1Oc1nc(N(C)C(=C)/C=C(\C)C(C)(F)F)c(F)cc1Cl)OCC. The smallest absolute Gasteiger partial charge is 0.266 e. The molecule has 0 saturated heterocycles. The molecule has 5 nitrogen and oxygen atoms in total. The number of hydrogen-bond donors (Lipinski definition) is 0. The Morgan fingerprint density at radius 3 is 2.48 bits per heavy atom. The van der Waals surface area contributed by atoms with E-state index in [4.69, 9.17) is 25.8 Å². The van der Waals surface area contributed by atoms with E-state index in [1.807, 2.05) is 6.92 Å². The molecule has 1 aromatic carbocycles. The van der Waals surface area contributed by atoms with Crippen LogP contribution in [0.4, 0.5) is 19.0 Å². The van der Waals surface area contributed by atoms with Crippen LogP contribution in [0.5, 0.6) is 17.4 Å². The molecule has 33 heavy (non-hydrogen) atoms. The standard InChI is InChI=1S/C24H26ClF3N2O3/c1-7-31-17(4)14-32-20-10-8-9-11-21(20)33-23-18(25)13-19(26)22(29-23)30(6)16(3)12-15(2)24(5,27)28/h8-13H,3-4,7,14H2,1-2,5-6H3/b15-12+. The molecule has 0 atom stereocenters. The van der Waals surface area contributed by atoms with E-state index in [-0.39, 0.29) is 40.3 Å². The van der Waals surface area contributed by atoms with Crippen LogP contribution in [0.1, 0.15) is 20.8 Å². The molecule has 0 aliphatic carbocycles. The Kier molecular flexibility index (Phi) is 8.82. The van der Waals surface area contributed by atoms with Crippen LogP contribution in [0.2, 0.25) is 5.02 Å². The van der Waals surface area contributed by atoms with Crippen LogP contribution < -0.4 is 14.4 Å². The maximum absolute atomic E-state index is 14.6. The fourth-order valence-electron chi connectivity index (χ4n) is 2.52. The van der Waals surface area contributed by atoms with Crippen LogP contribution in [0.15, 0.2) is 66.6 Å². The number of pyridine rings is 1. The van der Waals surface area contributed by atoms with Gasteiger partial charge in [-0.25, -0.2) is 13.2 Å². The molecule has 0 unspecified atom stereocenters. The summed E-state index contributed by atoms with van der Waals surface area (Å²) in [6.45, 7) is 11.9. The molecular formula is C24H26ClF3N2O3. The maximum Gasteiger partial charge on any atom is 0.266 e. The van der Waals surface area contributed by atoms with Crippen LogP contribution >= 0.6 is 11.6 Å². The van der Waals surface area contributed by atoms with Crippen molar-refractivity contribution in [2.75, 3.05) is 25.2 Å². The van der Waals surface area contributed by atoms with Crippen molar-refractivity contribution in [3.05, 3.63) is 77.4 Å². The zero-order valence-corrected chi connectivity index (χ0v) is 19.7. The van der Waals surface area contributed by atoms with Gasteiger partial charge < -0.3 is 19.1 Å². The van der Waals surface area contributed by atoms with E-state index in [0.717, 1.165) is 19.1 Å². The fourth-order valence-corrected chi connectivity index (χ4v) is 2.70. The van der Waals surface area contributed by atoms with Gasteiger partial charge in [0.25, 0.3) is 5.92 Å². The molecule has 0 amide bonds. The summed E-state index contributed by atoms with van der Waals surface area (Å²) in [5.74, 6) is -3.04. The molecule has 0 spiro atoms. The number of anilines is 1. The summed E-state index contributed by atoms with van der Waals surface area (Å²) in [6, 6.07) is 7.77. The summed E-state index contributed by atoms with van der Waals surface area (Å²) in [5, 5.41) is -0.0874. The van der Waals surface area contributed by atoms with E-state index in [9.17, 15) is 13.2 Å². The van der Waals surface area contributed by atoms with Crippen LogP contribution in [0, 0.1) is 5.82 Å². The maximum atomic E-state index is 14.6. The number of halogens is 4. The summed E-state index contributed by atoms with van der Waals surface area (Å²) >= 11 is 6.15. The van der Waals surface area contributed by atoms with Gasteiger partial charge >= 0.3 is 0 Å². The molecule has 0 aliphatic heterocycles. The van der Waals surface area contributed by atoms with Crippen molar-refractivity contribution in [1.29, 1.82) is 0 Å². The first-order valence-electron chi connectivity index (χ1n) is 9.99. The number of aromatic nitrogens is 1. The Balaban J connectivity index is 2.31. The minimum atomic E-state index is -3.04. The van der Waals surface area contributed by atoms with Gasteiger partial charge in [0.15, 0.2) is 23.1 Å². The van der Waals surface area contributed by atoms with Gasteiger partial charge in [-0.2, -0.15) is 4.98 Å². The van der Waals surface area contributed by atoms with Crippen LogP contribution in [-0.4, -0.2) is 31.2 Å². The number of alkyl halides is 2. The Labute approximate surface area is 196 Å². The van der Waals surface area contributed by atoms with Crippen molar-refractivity contribution < 1.29 is 27.4 Å². The predicted octanol–water partition coefficient (Wildman–Crippen LogP) is 7.15.